The summed E-state index contributed by atoms with van der Waals surface area (Å²) in [6, 6.07) is 64.8. The Hall–Kier alpha value is -6.03. The molecule has 0 spiro atoms. The Kier molecular flexibility index (Phi) is 15.3. The molecule has 327 valence electrons. The summed E-state index contributed by atoms with van der Waals surface area (Å²) in [5.74, 6) is 0.422. The lowest BCUT2D eigenvalue weighted by Crippen LogP contribution is -2.75. The maximum absolute atomic E-state index is 9.65. The van der Waals surface area contributed by atoms with Gasteiger partial charge >= 0.3 is 29.0 Å². The van der Waals surface area contributed by atoms with E-state index in [1.807, 2.05) is 48.5 Å². The minimum Gasteiger partial charge on any atom is -0.537 e. The van der Waals surface area contributed by atoms with Gasteiger partial charge in [0.1, 0.15) is 0 Å². The zero-order valence-corrected chi connectivity index (χ0v) is 39.3. The van der Waals surface area contributed by atoms with Gasteiger partial charge in [0.25, 0.3) is 0 Å². The first-order valence-corrected chi connectivity index (χ1v) is 25.7. The van der Waals surface area contributed by atoms with Gasteiger partial charge in [0.05, 0.1) is 5.75 Å². The van der Waals surface area contributed by atoms with Crippen LogP contribution in [0.15, 0.2) is 194 Å². The van der Waals surface area contributed by atoms with Crippen LogP contribution < -0.4 is 62.5 Å². The molecule has 8 nitrogen and oxygen atoms in total. The Balaban J connectivity index is 0.000000202. The van der Waals surface area contributed by atoms with E-state index in [0.29, 0.717) is 29.8 Å². The number of aryl methyl sites for hydroxylation is 4. The van der Waals surface area contributed by atoms with E-state index in [1.165, 1.54) is 43.0 Å². The Morgan fingerprint density at radius 1 is 0.303 bits per heavy atom. The first-order valence-electron chi connectivity index (χ1n) is 21.7. The molecule has 0 aliphatic heterocycles. The van der Waals surface area contributed by atoms with Crippen LogP contribution in [0.2, 0.25) is 0 Å². The van der Waals surface area contributed by atoms with Crippen LogP contribution in [0, 0.1) is 27.7 Å². The zero-order chi connectivity index (χ0) is 47.0. The molecule has 0 saturated carbocycles. The largest absolute Gasteiger partial charge is 0.569 e. The minimum atomic E-state index is -3.14. The Labute approximate surface area is 390 Å². The molecule has 8 aromatic rings. The fourth-order valence-corrected chi connectivity index (χ4v) is 18.1. The summed E-state index contributed by atoms with van der Waals surface area (Å²) in [5, 5.41) is 76.2. The van der Waals surface area contributed by atoms with Crippen molar-refractivity contribution in [3.63, 3.8) is 0 Å². The van der Waals surface area contributed by atoms with Gasteiger partial charge in [-0.25, -0.2) is 0 Å². The Morgan fingerprint density at radius 3 is 0.667 bits per heavy atom. The lowest BCUT2D eigenvalue weighted by Gasteiger charge is -2.35. The molecular formula is C52H51B4O8Si2. The van der Waals surface area contributed by atoms with Crippen molar-refractivity contribution < 1.29 is 39.8 Å². The molecule has 7 N–H and O–H groups in total. The smallest absolute Gasteiger partial charge is 0.537 e. The van der Waals surface area contributed by atoms with Crippen LogP contribution in [-0.2, 0) is 0 Å². The second kappa shape index (κ2) is 21.1. The lowest BCUT2D eigenvalue weighted by molar-refractivity contribution is 0.424. The second-order valence-corrected chi connectivity index (χ2v) is 24.3. The van der Waals surface area contributed by atoms with E-state index in [0.717, 1.165) is 20.7 Å². The monoisotopic (exact) mass is 903 g/mol. The SMILES string of the molecule is Cc1ccc([Si](c2ccc(C)cc2)(c2ccc(C)cc2)c2ccc(C)cc2)cc1.O[B]Oc1ccc([Si](c2ccc(B(O)O)cc2)(c2ccc(B(O)O)cc2)c2ccc(B(O)O)cc2)cc1. The molecular weight excluding hydrogens is 852 g/mol. The van der Waals surface area contributed by atoms with Crippen molar-refractivity contribution in [3.05, 3.63) is 216 Å². The minimum absolute atomic E-state index is 0.325. The summed E-state index contributed by atoms with van der Waals surface area (Å²) >= 11 is 0. The quantitative estimate of drug-likeness (QED) is 0.0595. The van der Waals surface area contributed by atoms with E-state index in [-0.39, 0.29) is 0 Å². The highest BCUT2D eigenvalue weighted by Crippen LogP contribution is 2.15. The molecule has 0 aliphatic carbocycles. The first-order chi connectivity index (χ1) is 31.8. The molecule has 14 heteroatoms. The summed E-state index contributed by atoms with van der Waals surface area (Å²) in [7, 11) is -9.83. The van der Waals surface area contributed by atoms with Crippen LogP contribution >= 0.6 is 0 Å². The van der Waals surface area contributed by atoms with Crippen LogP contribution in [0.1, 0.15) is 22.3 Å². The van der Waals surface area contributed by atoms with Gasteiger partial charge in [-0.3, -0.25) is 0 Å². The highest BCUT2D eigenvalue weighted by molar-refractivity contribution is 7.20. The summed E-state index contributed by atoms with van der Waals surface area (Å²) in [6.07, 6.45) is 0. The van der Waals surface area contributed by atoms with Gasteiger partial charge in [-0.1, -0.05) is 204 Å². The van der Waals surface area contributed by atoms with Crippen LogP contribution in [0.3, 0.4) is 0 Å². The molecule has 0 fully saturated rings. The van der Waals surface area contributed by atoms with Crippen LogP contribution in [0.4, 0.5) is 0 Å². The van der Waals surface area contributed by atoms with E-state index >= 15 is 0 Å². The highest BCUT2D eigenvalue weighted by Gasteiger charge is 2.43. The average Bonchev–Trinajstić information content (AvgIpc) is 3.33. The molecule has 0 saturated heterocycles. The molecule has 1 radical (unpaired) electrons. The van der Waals surface area contributed by atoms with Gasteiger partial charge in [-0.15, -0.1) is 0 Å². The van der Waals surface area contributed by atoms with Gasteiger partial charge in [-0.2, -0.15) is 0 Å². The standard InChI is InChI=1S/C28H28Si.C24H23B4O8Si/c1-21-5-13-25(14-6-21)29(26-15-7-22(2)8-16-26,27-17-9-23(3)10-18-27)28-19-11-24(4)12-20-28;29-25-36-20-7-15-24(16-8-20)37(21-9-1-17(2-10-21)26(30)31,22-11-3-18(4-12-22)27(32)33)23-13-5-19(6-14-23)28(34)35/h5-20H,1-4H3;1-16,29-35H. The van der Waals surface area contributed by atoms with Crippen molar-refractivity contribution in [2.24, 2.45) is 0 Å². The van der Waals surface area contributed by atoms with Gasteiger partial charge in [0.2, 0.25) is 0 Å². The average molecular weight is 903 g/mol. The molecule has 0 aromatic heterocycles. The van der Waals surface area contributed by atoms with Crippen molar-refractivity contribution in [2.45, 2.75) is 27.7 Å². The molecule has 0 heterocycles. The van der Waals surface area contributed by atoms with Crippen LogP contribution in [0.5, 0.6) is 5.75 Å². The van der Waals surface area contributed by atoms with Gasteiger partial charge < -0.3 is 39.8 Å². The molecule has 0 amide bonds. The maximum Gasteiger partial charge on any atom is 0.569 e. The van der Waals surface area contributed by atoms with Crippen molar-refractivity contribution in [1.29, 1.82) is 0 Å². The van der Waals surface area contributed by atoms with Crippen molar-refractivity contribution >= 4 is 103 Å². The molecule has 0 bridgehead atoms. The summed E-state index contributed by atoms with van der Waals surface area (Å²) in [6.45, 7) is 8.65. The fourth-order valence-electron chi connectivity index (χ4n) is 8.77. The van der Waals surface area contributed by atoms with Gasteiger partial charge in [0.15, 0.2) is 16.1 Å². The summed E-state index contributed by atoms with van der Waals surface area (Å²) in [5.41, 5.74) is 6.17. The third-order valence-corrected chi connectivity index (χ3v) is 21.9. The highest BCUT2D eigenvalue weighted by atomic mass is 28.3. The fraction of sp³-hybridized carbons (Fsp3) is 0.0769. The normalized spacial score (nSPS) is 11.3. The van der Waals surface area contributed by atoms with Gasteiger partial charge in [0, 0.05) is 0 Å². The first kappa shape index (κ1) is 47.9. The summed E-state index contributed by atoms with van der Waals surface area (Å²) < 4.78 is 5.10. The number of hydrogen-bond donors (Lipinski definition) is 7. The van der Waals surface area contributed by atoms with E-state index in [2.05, 4.69) is 125 Å². The third kappa shape index (κ3) is 10.0. The Morgan fingerprint density at radius 2 is 0.485 bits per heavy atom. The molecule has 8 rings (SSSR count). The Bertz CT molecular complexity index is 2480. The number of benzene rings is 8. The van der Waals surface area contributed by atoms with E-state index in [1.54, 1.807) is 48.5 Å². The van der Waals surface area contributed by atoms with E-state index < -0.39 is 37.5 Å². The molecule has 0 atom stereocenters. The predicted molar refractivity (Wildman–Crippen MR) is 277 cm³/mol. The second-order valence-electron chi connectivity index (χ2n) is 16.7. The third-order valence-electron chi connectivity index (χ3n) is 12.3. The zero-order valence-electron chi connectivity index (χ0n) is 37.3. The van der Waals surface area contributed by atoms with Crippen molar-refractivity contribution in [3.8, 4) is 5.75 Å². The molecule has 66 heavy (non-hydrogen) atoms. The topological polar surface area (TPSA) is 151 Å². The maximum atomic E-state index is 9.65. The van der Waals surface area contributed by atoms with Crippen molar-refractivity contribution in [1.82, 2.24) is 0 Å². The molecule has 8 aromatic carbocycles. The predicted octanol–water partition coefficient (Wildman–Crippen LogP) is -0.694. The van der Waals surface area contributed by atoms with E-state index in [9.17, 15) is 30.1 Å². The van der Waals surface area contributed by atoms with Crippen LogP contribution in [-0.4, -0.2) is 80.4 Å². The summed E-state index contributed by atoms with van der Waals surface area (Å²) in [4.78, 5) is 0. The lowest BCUT2D eigenvalue weighted by atomic mass is 9.80. The number of hydrogen-bond acceptors (Lipinski definition) is 8. The molecule has 0 aliphatic rings. The number of rotatable bonds is 13. The van der Waals surface area contributed by atoms with Crippen molar-refractivity contribution in [2.75, 3.05) is 0 Å². The van der Waals surface area contributed by atoms with Crippen LogP contribution in [0.25, 0.3) is 0 Å². The molecule has 0 unspecified atom stereocenters. The van der Waals surface area contributed by atoms with Gasteiger partial charge in [-0.05, 0) is 97.7 Å². The van der Waals surface area contributed by atoms with E-state index in [4.69, 9.17) is 9.68 Å².